The summed E-state index contributed by atoms with van der Waals surface area (Å²) in [5.41, 5.74) is 2.66. The first-order valence-corrected chi connectivity index (χ1v) is 10.6. The largest absolute Gasteiger partial charge is 0.384 e. The van der Waals surface area contributed by atoms with Gasteiger partial charge in [0, 0.05) is 31.4 Å². The van der Waals surface area contributed by atoms with Crippen molar-refractivity contribution in [3.63, 3.8) is 0 Å². The van der Waals surface area contributed by atoms with Crippen LogP contribution in [-0.4, -0.2) is 45.8 Å². The number of rotatable bonds is 8. The summed E-state index contributed by atoms with van der Waals surface area (Å²) in [5, 5.41) is 9.54. The maximum atomic E-state index is 12.4. The fraction of sp³-hybridized carbons (Fsp3) is 0.316. The molecular weight excluding hydrogens is 400 g/mol. The van der Waals surface area contributed by atoms with Gasteiger partial charge in [0.1, 0.15) is 0 Å². The minimum Gasteiger partial charge on any atom is -0.384 e. The molecule has 0 saturated heterocycles. The van der Waals surface area contributed by atoms with Crippen molar-refractivity contribution < 1.29 is 13.2 Å². The summed E-state index contributed by atoms with van der Waals surface area (Å²) in [6, 6.07) is 10.0. The summed E-state index contributed by atoms with van der Waals surface area (Å²) in [7, 11) is -0.631. The number of halogens is 1. The van der Waals surface area contributed by atoms with Gasteiger partial charge in [-0.25, -0.2) is 12.7 Å². The molecule has 2 aromatic rings. The van der Waals surface area contributed by atoms with Crippen LogP contribution < -0.4 is 16.0 Å². The Labute approximate surface area is 171 Å². The molecule has 2 rings (SSSR count). The molecule has 0 unspecified atom stereocenters. The van der Waals surface area contributed by atoms with Gasteiger partial charge in [-0.3, -0.25) is 4.79 Å². The van der Waals surface area contributed by atoms with E-state index < -0.39 is 10.0 Å². The Hall–Kier alpha value is -2.29. The van der Waals surface area contributed by atoms with Crippen LogP contribution in [0, 0.1) is 6.92 Å². The van der Waals surface area contributed by atoms with E-state index in [4.69, 9.17) is 11.6 Å². The van der Waals surface area contributed by atoms with Gasteiger partial charge in [0.25, 0.3) is 0 Å². The lowest BCUT2D eigenvalue weighted by molar-refractivity contribution is -0.114. The molecule has 0 bridgehead atoms. The van der Waals surface area contributed by atoms with Gasteiger partial charge in [-0.05, 0) is 49.7 Å². The summed E-state index contributed by atoms with van der Waals surface area (Å²) in [5.74, 6) is -0.270. The third kappa shape index (κ3) is 5.15. The molecule has 2 aromatic carbocycles. The zero-order chi connectivity index (χ0) is 20.9. The number of amides is 1. The van der Waals surface area contributed by atoms with Crippen molar-refractivity contribution in [3.05, 3.63) is 47.0 Å². The molecule has 152 valence electrons. The molecule has 9 heteroatoms. The van der Waals surface area contributed by atoms with E-state index in [-0.39, 0.29) is 17.3 Å². The Morgan fingerprint density at radius 1 is 1.07 bits per heavy atom. The molecule has 7 nitrogen and oxygen atoms in total. The second-order valence-corrected chi connectivity index (χ2v) is 8.90. The quantitative estimate of drug-likeness (QED) is 0.604. The predicted molar refractivity (Wildman–Crippen MR) is 115 cm³/mol. The van der Waals surface area contributed by atoms with Crippen LogP contribution in [0.25, 0.3) is 0 Å². The molecule has 1 amide bonds. The van der Waals surface area contributed by atoms with Crippen LogP contribution in [0.4, 0.5) is 17.1 Å². The number of hydrogen-bond donors (Lipinski definition) is 3. The van der Waals surface area contributed by atoms with Gasteiger partial charge in [-0.15, -0.1) is 0 Å². The summed E-state index contributed by atoms with van der Waals surface area (Å²) in [6.07, 6.45) is 0. The van der Waals surface area contributed by atoms with Crippen molar-refractivity contribution in [1.29, 1.82) is 0 Å². The van der Waals surface area contributed by atoms with Crippen LogP contribution in [0.1, 0.15) is 12.5 Å². The molecule has 0 aliphatic heterocycles. The number of carbonyl (C=O) groups is 1. The highest BCUT2D eigenvalue weighted by atomic mass is 35.5. The van der Waals surface area contributed by atoms with Crippen LogP contribution >= 0.6 is 11.6 Å². The highest BCUT2D eigenvalue weighted by molar-refractivity contribution is 7.89. The zero-order valence-corrected chi connectivity index (χ0v) is 17.9. The van der Waals surface area contributed by atoms with Crippen LogP contribution in [0.2, 0.25) is 5.02 Å². The molecule has 0 heterocycles. The number of carbonyl (C=O) groups excluding carboxylic acids is 1. The van der Waals surface area contributed by atoms with Crippen LogP contribution in [0.3, 0.4) is 0 Å². The van der Waals surface area contributed by atoms with Crippen molar-refractivity contribution >= 4 is 44.6 Å². The molecular formula is C19H25ClN4O3S. The van der Waals surface area contributed by atoms with Crippen molar-refractivity contribution in [3.8, 4) is 0 Å². The van der Waals surface area contributed by atoms with Gasteiger partial charge in [-0.2, -0.15) is 0 Å². The molecule has 0 aromatic heterocycles. The highest BCUT2D eigenvalue weighted by Gasteiger charge is 2.19. The average molecular weight is 425 g/mol. The van der Waals surface area contributed by atoms with Gasteiger partial charge < -0.3 is 16.0 Å². The van der Waals surface area contributed by atoms with E-state index in [2.05, 4.69) is 16.0 Å². The summed E-state index contributed by atoms with van der Waals surface area (Å²) in [6.45, 7) is 4.38. The molecule has 0 atom stereocenters. The van der Waals surface area contributed by atoms with E-state index >= 15 is 0 Å². The SMILES string of the molecule is CCNc1ccc(S(=O)(=O)N(C)C)cc1NCC(=O)Nc1cccc(Cl)c1C. The minimum atomic E-state index is -3.58. The number of benzene rings is 2. The lowest BCUT2D eigenvalue weighted by Gasteiger charge is -2.17. The van der Waals surface area contributed by atoms with Crippen molar-refractivity contribution in [1.82, 2.24) is 4.31 Å². The van der Waals surface area contributed by atoms with E-state index in [9.17, 15) is 13.2 Å². The van der Waals surface area contributed by atoms with E-state index in [1.54, 1.807) is 24.3 Å². The summed E-state index contributed by atoms with van der Waals surface area (Å²) in [4.78, 5) is 12.5. The number of sulfonamides is 1. The maximum Gasteiger partial charge on any atom is 0.243 e. The number of anilines is 3. The van der Waals surface area contributed by atoms with Gasteiger partial charge in [-0.1, -0.05) is 17.7 Å². The van der Waals surface area contributed by atoms with E-state index in [1.165, 1.54) is 26.2 Å². The van der Waals surface area contributed by atoms with Gasteiger partial charge in [0.15, 0.2) is 0 Å². The van der Waals surface area contributed by atoms with Crippen molar-refractivity contribution in [2.24, 2.45) is 0 Å². The topological polar surface area (TPSA) is 90.5 Å². The Morgan fingerprint density at radius 2 is 1.79 bits per heavy atom. The van der Waals surface area contributed by atoms with Gasteiger partial charge in [0.05, 0.1) is 22.8 Å². The Bertz CT molecular complexity index is 962. The normalized spacial score (nSPS) is 11.4. The molecule has 0 spiro atoms. The molecule has 0 radical (unpaired) electrons. The number of nitrogens with one attached hydrogen (secondary N) is 3. The first-order chi connectivity index (χ1) is 13.2. The lowest BCUT2D eigenvalue weighted by atomic mass is 10.2. The number of nitrogens with zero attached hydrogens (tertiary/aromatic N) is 1. The molecule has 0 fully saturated rings. The second kappa shape index (κ2) is 9.27. The van der Waals surface area contributed by atoms with Crippen LogP contribution in [-0.2, 0) is 14.8 Å². The first kappa shape index (κ1) is 22.0. The van der Waals surface area contributed by atoms with Gasteiger partial charge in [0.2, 0.25) is 15.9 Å². The highest BCUT2D eigenvalue weighted by Crippen LogP contribution is 2.27. The van der Waals surface area contributed by atoms with Crippen molar-refractivity contribution in [2.75, 3.05) is 43.1 Å². The van der Waals surface area contributed by atoms with Gasteiger partial charge >= 0.3 is 0 Å². The lowest BCUT2D eigenvalue weighted by Crippen LogP contribution is -2.24. The average Bonchev–Trinajstić information content (AvgIpc) is 2.64. The van der Waals surface area contributed by atoms with E-state index in [0.717, 1.165) is 9.87 Å². The standard InChI is InChI=1S/C19H25ClN4O3S/c1-5-21-17-10-9-14(28(26,27)24(3)4)11-18(17)22-12-19(25)23-16-8-6-7-15(20)13(16)2/h6-11,21-22H,5,12H2,1-4H3,(H,23,25). The Kier molecular flexibility index (Phi) is 7.29. The fourth-order valence-corrected chi connectivity index (χ4v) is 3.60. The van der Waals surface area contributed by atoms with E-state index in [0.29, 0.717) is 28.6 Å². The van der Waals surface area contributed by atoms with E-state index in [1.807, 2.05) is 13.8 Å². The molecule has 0 aliphatic carbocycles. The molecule has 0 aliphatic rings. The smallest absolute Gasteiger partial charge is 0.243 e. The molecule has 28 heavy (non-hydrogen) atoms. The zero-order valence-electron chi connectivity index (χ0n) is 16.3. The Morgan fingerprint density at radius 3 is 2.43 bits per heavy atom. The van der Waals surface area contributed by atoms with Crippen molar-refractivity contribution in [2.45, 2.75) is 18.7 Å². The fourth-order valence-electron chi connectivity index (χ4n) is 2.50. The predicted octanol–water partition coefficient (Wildman–Crippen LogP) is 3.38. The first-order valence-electron chi connectivity index (χ1n) is 8.76. The maximum absolute atomic E-state index is 12.4. The number of hydrogen-bond acceptors (Lipinski definition) is 5. The third-order valence-corrected chi connectivity index (χ3v) is 6.34. The summed E-state index contributed by atoms with van der Waals surface area (Å²) >= 11 is 6.08. The minimum absolute atomic E-state index is 0.0319. The van der Waals surface area contributed by atoms with Crippen LogP contribution in [0.5, 0.6) is 0 Å². The monoisotopic (exact) mass is 424 g/mol. The Balaban J connectivity index is 2.19. The van der Waals surface area contributed by atoms with Crippen LogP contribution in [0.15, 0.2) is 41.3 Å². The third-order valence-electron chi connectivity index (χ3n) is 4.12. The molecule has 0 saturated carbocycles. The second-order valence-electron chi connectivity index (χ2n) is 6.34. The molecule has 3 N–H and O–H groups in total. The summed E-state index contributed by atoms with van der Waals surface area (Å²) < 4.78 is 25.9.